The van der Waals surface area contributed by atoms with Crippen molar-refractivity contribution in [2.45, 2.75) is 13.3 Å². The molecule has 1 heterocycles. The number of rotatable bonds is 3. The summed E-state index contributed by atoms with van der Waals surface area (Å²) in [5.74, 6) is 5.63. The highest BCUT2D eigenvalue weighted by molar-refractivity contribution is 7.12. The number of carbonyl (C=O) groups excluding carboxylic acids is 1. The number of nitrogens with zero attached hydrogens (tertiary/aromatic N) is 1. The van der Waals surface area contributed by atoms with Crippen molar-refractivity contribution in [2.24, 2.45) is 0 Å². The molecule has 0 aliphatic rings. The molecule has 1 aromatic heterocycles. The van der Waals surface area contributed by atoms with Crippen molar-refractivity contribution in [3.8, 4) is 11.8 Å². The van der Waals surface area contributed by atoms with E-state index in [9.17, 15) is 4.79 Å². The third-order valence-electron chi connectivity index (χ3n) is 2.56. The predicted molar refractivity (Wildman–Crippen MR) is 79.8 cm³/mol. The van der Waals surface area contributed by atoms with E-state index in [0.717, 1.165) is 16.9 Å². The molecule has 0 aliphatic carbocycles. The van der Waals surface area contributed by atoms with E-state index in [-0.39, 0.29) is 12.5 Å². The molecule has 0 atom stereocenters. The van der Waals surface area contributed by atoms with Gasteiger partial charge in [-0.1, -0.05) is 11.8 Å². The van der Waals surface area contributed by atoms with E-state index in [1.54, 1.807) is 17.6 Å². The fourth-order valence-electron chi connectivity index (χ4n) is 1.57. The lowest BCUT2D eigenvalue weighted by atomic mass is 10.2. The zero-order valence-electron chi connectivity index (χ0n) is 11.0. The molecule has 0 aliphatic heterocycles. The van der Waals surface area contributed by atoms with Crippen LogP contribution in [-0.4, -0.2) is 22.6 Å². The summed E-state index contributed by atoms with van der Waals surface area (Å²) in [5.41, 5.74) is 3.96. The maximum Gasteiger partial charge on any atom is 0.267 e. The lowest BCUT2D eigenvalue weighted by Crippen LogP contribution is -2.11. The van der Waals surface area contributed by atoms with Crippen LogP contribution in [0.15, 0.2) is 29.8 Å². The fraction of sp³-hybridized carbons (Fsp3) is 0.200. The van der Waals surface area contributed by atoms with E-state index < -0.39 is 0 Å². The van der Waals surface area contributed by atoms with E-state index in [2.05, 4.69) is 22.1 Å². The van der Waals surface area contributed by atoms with Gasteiger partial charge in [0.05, 0.1) is 17.8 Å². The Morgan fingerprint density at radius 2 is 2.15 bits per heavy atom. The van der Waals surface area contributed by atoms with Crippen molar-refractivity contribution < 1.29 is 9.90 Å². The van der Waals surface area contributed by atoms with Crippen molar-refractivity contribution in [1.29, 1.82) is 0 Å². The Bertz CT molecular complexity index is 651. The summed E-state index contributed by atoms with van der Waals surface area (Å²) in [5, 5.41) is 11.5. The van der Waals surface area contributed by atoms with Crippen molar-refractivity contribution in [3.63, 3.8) is 0 Å². The Hall–Kier alpha value is -2.16. The van der Waals surface area contributed by atoms with Gasteiger partial charge in [-0.15, -0.1) is 11.3 Å². The molecule has 0 unspecified atom stereocenters. The van der Waals surface area contributed by atoms with Crippen LogP contribution in [-0.2, 0) is 0 Å². The average Bonchev–Trinajstić information content (AvgIpc) is 2.87. The number of carbonyl (C=O) groups is 1. The zero-order chi connectivity index (χ0) is 14.4. The Balaban J connectivity index is 2.03. The van der Waals surface area contributed by atoms with Gasteiger partial charge in [0.25, 0.3) is 5.91 Å². The number of amides is 1. The van der Waals surface area contributed by atoms with Crippen molar-refractivity contribution >= 4 is 22.9 Å². The van der Waals surface area contributed by atoms with Gasteiger partial charge in [0.15, 0.2) is 0 Å². The Morgan fingerprint density at radius 1 is 1.40 bits per heavy atom. The molecule has 0 bridgehead atoms. The SMILES string of the molecule is Cc1ncsc1C(=O)Nc1ccc(C#CCCO)cc1. The summed E-state index contributed by atoms with van der Waals surface area (Å²) in [4.78, 5) is 16.7. The van der Waals surface area contributed by atoms with Crippen molar-refractivity contribution in [2.75, 3.05) is 11.9 Å². The first-order valence-corrected chi connectivity index (χ1v) is 7.00. The topological polar surface area (TPSA) is 62.2 Å². The molecule has 0 radical (unpaired) electrons. The number of thiazole rings is 1. The van der Waals surface area contributed by atoms with Gasteiger partial charge < -0.3 is 10.4 Å². The second-order valence-electron chi connectivity index (χ2n) is 4.07. The highest BCUT2D eigenvalue weighted by Crippen LogP contribution is 2.15. The second kappa shape index (κ2) is 6.85. The molecule has 1 aromatic carbocycles. The number of anilines is 1. The van der Waals surface area contributed by atoms with Crippen molar-refractivity contribution in [3.05, 3.63) is 45.9 Å². The first-order chi connectivity index (χ1) is 9.70. The van der Waals surface area contributed by atoms with Gasteiger partial charge >= 0.3 is 0 Å². The minimum absolute atomic E-state index is 0.0648. The van der Waals surface area contributed by atoms with Gasteiger partial charge in [-0.25, -0.2) is 4.98 Å². The van der Waals surface area contributed by atoms with Crippen LogP contribution in [0.2, 0.25) is 0 Å². The minimum Gasteiger partial charge on any atom is -0.395 e. The summed E-state index contributed by atoms with van der Waals surface area (Å²) < 4.78 is 0. The zero-order valence-corrected chi connectivity index (χ0v) is 11.8. The van der Waals surface area contributed by atoms with Crippen molar-refractivity contribution in [1.82, 2.24) is 4.98 Å². The molecular formula is C15H14N2O2S. The minimum atomic E-state index is -0.149. The van der Waals surface area contributed by atoms with Crippen LogP contribution >= 0.6 is 11.3 Å². The summed E-state index contributed by atoms with van der Waals surface area (Å²) in [6.07, 6.45) is 0.461. The van der Waals surface area contributed by atoms with E-state index in [1.807, 2.05) is 19.1 Å². The Morgan fingerprint density at radius 3 is 2.75 bits per heavy atom. The van der Waals surface area contributed by atoms with Gasteiger partial charge in [-0.2, -0.15) is 0 Å². The number of hydrogen-bond donors (Lipinski definition) is 2. The molecule has 20 heavy (non-hydrogen) atoms. The number of benzene rings is 1. The third kappa shape index (κ3) is 3.67. The van der Waals surface area contributed by atoms with Crippen LogP contribution in [0.5, 0.6) is 0 Å². The number of aryl methyl sites for hydroxylation is 1. The molecule has 0 spiro atoms. The molecule has 0 fully saturated rings. The Labute approximate surface area is 121 Å². The van der Waals surface area contributed by atoms with Gasteiger partial charge in [0.1, 0.15) is 4.88 Å². The highest BCUT2D eigenvalue weighted by Gasteiger charge is 2.11. The largest absolute Gasteiger partial charge is 0.395 e. The molecule has 0 saturated carbocycles. The maximum atomic E-state index is 12.0. The fourth-order valence-corrected chi connectivity index (χ4v) is 2.26. The number of nitrogens with one attached hydrogen (secondary N) is 1. The number of aliphatic hydroxyl groups is 1. The van der Waals surface area contributed by atoms with Crippen LogP contribution in [0.3, 0.4) is 0 Å². The quantitative estimate of drug-likeness (QED) is 0.852. The summed E-state index contributed by atoms with van der Waals surface area (Å²) in [6.45, 7) is 1.88. The smallest absolute Gasteiger partial charge is 0.267 e. The van der Waals surface area contributed by atoms with E-state index in [0.29, 0.717) is 11.3 Å². The van der Waals surface area contributed by atoms with Crippen LogP contribution in [0.25, 0.3) is 0 Å². The van der Waals surface area contributed by atoms with E-state index >= 15 is 0 Å². The normalized spacial score (nSPS) is 9.70. The molecule has 0 saturated heterocycles. The van der Waals surface area contributed by atoms with Gasteiger partial charge in [-0.3, -0.25) is 4.79 Å². The lowest BCUT2D eigenvalue weighted by Gasteiger charge is -2.03. The van der Waals surface area contributed by atoms with Crippen LogP contribution < -0.4 is 5.32 Å². The van der Waals surface area contributed by atoms with Crippen LogP contribution in [0, 0.1) is 18.8 Å². The first-order valence-electron chi connectivity index (χ1n) is 6.12. The van der Waals surface area contributed by atoms with Gasteiger partial charge in [0, 0.05) is 17.7 Å². The molecule has 2 N–H and O–H groups in total. The molecule has 2 aromatic rings. The number of aliphatic hydroxyl groups excluding tert-OH is 1. The number of hydrogen-bond acceptors (Lipinski definition) is 4. The summed E-state index contributed by atoms with van der Waals surface area (Å²) in [7, 11) is 0. The third-order valence-corrected chi connectivity index (χ3v) is 3.49. The van der Waals surface area contributed by atoms with Crippen LogP contribution in [0.4, 0.5) is 5.69 Å². The van der Waals surface area contributed by atoms with Gasteiger partial charge in [-0.05, 0) is 31.2 Å². The second-order valence-corrected chi connectivity index (χ2v) is 4.93. The first kappa shape index (κ1) is 14.3. The summed E-state index contributed by atoms with van der Waals surface area (Å²) >= 11 is 1.32. The van der Waals surface area contributed by atoms with Crippen LogP contribution in [0.1, 0.15) is 27.3 Å². The molecular weight excluding hydrogens is 272 g/mol. The molecule has 2 rings (SSSR count). The van der Waals surface area contributed by atoms with E-state index in [1.165, 1.54) is 11.3 Å². The average molecular weight is 286 g/mol. The number of aromatic nitrogens is 1. The van der Waals surface area contributed by atoms with E-state index in [4.69, 9.17) is 5.11 Å². The molecule has 1 amide bonds. The molecule has 4 nitrogen and oxygen atoms in total. The monoisotopic (exact) mass is 286 g/mol. The Kier molecular flexibility index (Phi) is 4.88. The standard InChI is InChI=1S/C15H14N2O2S/c1-11-14(20-10-16-11)15(19)17-13-7-5-12(6-8-13)4-2-3-9-18/h5-8,10,18H,3,9H2,1H3,(H,17,19). The molecule has 102 valence electrons. The lowest BCUT2D eigenvalue weighted by molar-refractivity contribution is 0.103. The molecule has 5 heteroatoms. The maximum absolute atomic E-state index is 12.0. The van der Waals surface area contributed by atoms with Gasteiger partial charge in [0.2, 0.25) is 0 Å². The highest BCUT2D eigenvalue weighted by atomic mass is 32.1. The predicted octanol–water partition coefficient (Wildman–Crippen LogP) is 2.44. The summed E-state index contributed by atoms with van der Waals surface area (Å²) in [6, 6.07) is 7.27.